The van der Waals surface area contributed by atoms with Gasteiger partial charge in [-0.15, -0.1) is 11.8 Å². The molecule has 0 bridgehead atoms. The number of carbonyl (C=O) groups excluding carboxylic acids is 1. The van der Waals surface area contributed by atoms with Gasteiger partial charge in [-0.2, -0.15) is 4.98 Å². The number of nitrogens with zero attached hydrogens (tertiary/aromatic N) is 3. The van der Waals surface area contributed by atoms with E-state index in [-0.39, 0.29) is 12.3 Å². The minimum absolute atomic E-state index is 0.0924. The number of anilines is 1. The number of aryl methyl sites for hydroxylation is 1. The van der Waals surface area contributed by atoms with Crippen LogP contribution in [-0.2, 0) is 17.0 Å². The van der Waals surface area contributed by atoms with E-state index in [1.54, 1.807) is 18.0 Å². The molecule has 2 aromatic heterocycles. The van der Waals surface area contributed by atoms with Gasteiger partial charge in [0.1, 0.15) is 0 Å². The van der Waals surface area contributed by atoms with E-state index >= 15 is 0 Å². The van der Waals surface area contributed by atoms with Gasteiger partial charge in [0.15, 0.2) is 0 Å². The van der Waals surface area contributed by atoms with Crippen molar-refractivity contribution >= 4 is 23.4 Å². The molecule has 0 saturated carbocycles. The smallest absolute Gasteiger partial charge is 0.227 e. The SMILES string of the molecule is O=C(CCc1nc(-c2ccccc2)no1)Nc1ccc(SCc2cccnc2)cc1. The average Bonchev–Trinajstić information content (AvgIpc) is 3.28. The molecule has 0 radical (unpaired) electrons. The Morgan fingerprint density at radius 2 is 1.83 bits per heavy atom. The number of hydrogen-bond donors (Lipinski definition) is 1. The second kappa shape index (κ2) is 9.84. The molecule has 150 valence electrons. The van der Waals surface area contributed by atoms with Crippen LogP contribution >= 0.6 is 11.8 Å². The lowest BCUT2D eigenvalue weighted by Crippen LogP contribution is -2.12. The van der Waals surface area contributed by atoms with E-state index in [4.69, 9.17) is 4.52 Å². The van der Waals surface area contributed by atoms with Gasteiger partial charge in [-0.05, 0) is 35.9 Å². The number of thioether (sulfide) groups is 1. The minimum atomic E-state index is -0.0924. The maximum absolute atomic E-state index is 12.2. The lowest BCUT2D eigenvalue weighted by molar-refractivity contribution is -0.116. The van der Waals surface area contributed by atoms with E-state index in [2.05, 4.69) is 26.5 Å². The summed E-state index contributed by atoms with van der Waals surface area (Å²) in [6.07, 6.45) is 4.30. The Morgan fingerprint density at radius 3 is 2.60 bits per heavy atom. The van der Waals surface area contributed by atoms with Crippen molar-refractivity contribution in [1.29, 1.82) is 0 Å². The summed E-state index contributed by atoms with van der Waals surface area (Å²) in [6.45, 7) is 0. The van der Waals surface area contributed by atoms with Crippen molar-refractivity contribution in [2.24, 2.45) is 0 Å². The molecule has 0 unspecified atom stereocenters. The van der Waals surface area contributed by atoms with E-state index in [0.29, 0.717) is 18.1 Å². The third-order valence-corrected chi connectivity index (χ3v) is 5.42. The largest absolute Gasteiger partial charge is 0.339 e. The van der Waals surface area contributed by atoms with Gasteiger partial charge in [-0.25, -0.2) is 0 Å². The molecule has 1 N–H and O–H groups in total. The van der Waals surface area contributed by atoms with Gasteiger partial charge in [0.05, 0.1) is 0 Å². The third kappa shape index (κ3) is 5.55. The van der Waals surface area contributed by atoms with Crippen molar-refractivity contribution in [3.8, 4) is 11.4 Å². The zero-order valence-electron chi connectivity index (χ0n) is 16.2. The Kier molecular flexibility index (Phi) is 6.51. The summed E-state index contributed by atoms with van der Waals surface area (Å²) >= 11 is 1.73. The van der Waals surface area contributed by atoms with Crippen LogP contribution in [0.5, 0.6) is 0 Å². The molecule has 0 aliphatic heterocycles. The lowest BCUT2D eigenvalue weighted by Gasteiger charge is -2.06. The van der Waals surface area contributed by atoms with Crippen LogP contribution in [0.2, 0.25) is 0 Å². The van der Waals surface area contributed by atoms with Gasteiger partial charge in [-0.1, -0.05) is 41.6 Å². The van der Waals surface area contributed by atoms with Crippen molar-refractivity contribution in [3.63, 3.8) is 0 Å². The quantitative estimate of drug-likeness (QED) is 0.407. The molecule has 0 atom stereocenters. The summed E-state index contributed by atoms with van der Waals surface area (Å²) in [5, 5.41) is 6.88. The predicted octanol–water partition coefficient (Wildman–Crippen LogP) is 5.00. The molecule has 4 aromatic rings. The van der Waals surface area contributed by atoms with Gasteiger partial charge in [0.2, 0.25) is 17.6 Å². The highest BCUT2D eigenvalue weighted by Crippen LogP contribution is 2.24. The zero-order chi connectivity index (χ0) is 20.6. The first-order valence-electron chi connectivity index (χ1n) is 9.56. The molecule has 0 aliphatic carbocycles. The Balaban J connectivity index is 1.24. The van der Waals surface area contributed by atoms with Crippen molar-refractivity contribution in [1.82, 2.24) is 15.1 Å². The number of rotatable bonds is 8. The zero-order valence-corrected chi connectivity index (χ0v) is 17.0. The molecule has 0 spiro atoms. The second-order valence-corrected chi connectivity index (χ2v) is 7.65. The summed E-state index contributed by atoms with van der Waals surface area (Å²) < 4.78 is 5.25. The predicted molar refractivity (Wildman–Crippen MR) is 117 cm³/mol. The summed E-state index contributed by atoms with van der Waals surface area (Å²) in [4.78, 5) is 21.9. The molecule has 4 rings (SSSR count). The molecule has 1 amide bonds. The molecular formula is C23H20N4O2S. The molecule has 0 fully saturated rings. The minimum Gasteiger partial charge on any atom is -0.339 e. The molecule has 0 saturated heterocycles. The molecule has 30 heavy (non-hydrogen) atoms. The molecule has 0 aliphatic rings. The topological polar surface area (TPSA) is 80.9 Å². The number of aromatic nitrogens is 3. The van der Waals surface area contributed by atoms with E-state index in [9.17, 15) is 4.79 Å². The van der Waals surface area contributed by atoms with Gasteiger partial charge in [0, 0.05) is 47.1 Å². The standard InChI is InChI=1S/C23H20N4O2S/c28-21(12-13-22-26-23(27-29-22)18-6-2-1-3-7-18)25-19-8-10-20(11-9-19)30-16-17-5-4-14-24-15-17/h1-11,14-15H,12-13,16H2,(H,25,28). The van der Waals surface area contributed by atoms with E-state index in [1.165, 1.54) is 5.56 Å². The molecule has 2 heterocycles. The number of pyridine rings is 1. The van der Waals surface area contributed by atoms with Gasteiger partial charge >= 0.3 is 0 Å². The fourth-order valence-corrected chi connectivity index (χ4v) is 3.62. The molecule has 6 nitrogen and oxygen atoms in total. The Labute approximate surface area is 178 Å². The van der Waals surface area contributed by atoms with Gasteiger partial charge in [-0.3, -0.25) is 9.78 Å². The summed E-state index contributed by atoms with van der Waals surface area (Å²) in [5.74, 6) is 1.75. The number of hydrogen-bond acceptors (Lipinski definition) is 6. The van der Waals surface area contributed by atoms with E-state index in [0.717, 1.165) is 21.9 Å². The van der Waals surface area contributed by atoms with Gasteiger partial charge < -0.3 is 9.84 Å². The Bertz CT molecular complexity index is 1080. The van der Waals surface area contributed by atoms with E-state index in [1.807, 2.05) is 66.9 Å². The van der Waals surface area contributed by atoms with Crippen LogP contribution in [-0.4, -0.2) is 21.0 Å². The molecule has 2 aromatic carbocycles. The highest BCUT2D eigenvalue weighted by atomic mass is 32.2. The van der Waals surface area contributed by atoms with Crippen LogP contribution in [0.15, 0.2) is 88.5 Å². The summed E-state index contributed by atoms with van der Waals surface area (Å²) in [5.41, 5.74) is 2.83. The second-order valence-electron chi connectivity index (χ2n) is 6.60. The Hall–Kier alpha value is -3.45. The maximum Gasteiger partial charge on any atom is 0.227 e. The van der Waals surface area contributed by atoms with Crippen molar-refractivity contribution in [2.75, 3.05) is 5.32 Å². The van der Waals surface area contributed by atoms with Crippen molar-refractivity contribution < 1.29 is 9.32 Å². The normalized spacial score (nSPS) is 10.7. The van der Waals surface area contributed by atoms with Crippen molar-refractivity contribution in [2.45, 2.75) is 23.5 Å². The first-order chi connectivity index (χ1) is 14.8. The first-order valence-corrected chi connectivity index (χ1v) is 10.5. The maximum atomic E-state index is 12.2. The molecular weight excluding hydrogens is 396 g/mol. The van der Waals surface area contributed by atoms with Gasteiger partial charge in [0.25, 0.3) is 0 Å². The van der Waals surface area contributed by atoms with Crippen LogP contribution in [0, 0.1) is 0 Å². The number of benzene rings is 2. The fraction of sp³-hybridized carbons (Fsp3) is 0.130. The summed E-state index contributed by atoms with van der Waals surface area (Å²) in [7, 11) is 0. The molecule has 7 heteroatoms. The number of carbonyl (C=O) groups is 1. The average molecular weight is 417 g/mol. The van der Waals surface area contributed by atoms with Crippen LogP contribution in [0.1, 0.15) is 17.9 Å². The van der Waals surface area contributed by atoms with Crippen molar-refractivity contribution in [3.05, 3.63) is 90.6 Å². The van der Waals surface area contributed by atoms with Crippen LogP contribution in [0.3, 0.4) is 0 Å². The highest BCUT2D eigenvalue weighted by molar-refractivity contribution is 7.98. The van der Waals surface area contributed by atoms with E-state index < -0.39 is 0 Å². The van der Waals surface area contributed by atoms with Crippen LogP contribution < -0.4 is 5.32 Å². The third-order valence-electron chi connectivity index (χ3n) is 4.33. The lowest BCUT2D eigenvalue weighted by atomic mass is 10.2. The highest BCUT2D eigenvalue weighted by Gasteiger charge is 2.11. The number of nitrogens with one attached hydrogen (secondary N) is 1. The van der Waals surface area contributed by atoms with Crippen LogP contribution in [0.4, 0.5) is 5.69 Å². The Morgan fingerprint density at radius 1 is 1.00 bits per heavy atom. The summed E-state index contributed by atoms with van der Waals surface area (Å²) in [6, 6.07) is 21.4. The van der Waals surface area contributed by atoms with Crippen LogP contribution in [0.25, 0.3) is 11.4 Å². The number of amides is 1. The first kappa shape index (κ1) is 19.8. The monoisotopic (exact) mass is 416 g/mol. The fourth-order valence-electron chi connectivity index (χ4n) is 2.79.